The van der Waals surface area contributed by atoms with E-state index in [0.29, 0.717) is 5.56 Å². The molecule has 0 unspecified atom stereocenters. The Hall–Kier alpha value is -2.95. The molecule has 0 bridgehead atoms. The zero-order valence-corrected chi connectivity index (χ0v) is 14.4. The molecule has 25 heavy (non-hydrogen) atoms. The fourth-order valence-corrected chi connectivity index (χ4v) is 2.66. The number of fused-ring (bicyclic) bond motifs is 1. The van der Waals surface area contributed by atoms with Crippen LogP contribution in [0.5, 0.6) is 0 Å². The molecule has 0 aliphatic heterocycles. The van der Waals surface area contributed by atoms with Crippen molar-refractivity contribution in [2.24, 2.45) is 0 Å². The summed E-state index contributed by atoms with van der Waals surface area (Å²) in [5.41, 5.74) is 4.21. The second-order valence-corrected chi connectivity index (χ2v) is 6.02. The lowest BCUT2D eigenvalue weighted by Gasteiger charge is -2.06. The number of imidazole rings is 1. The highest BCUT2D eigenvalue weighted by atomic mass is 16.5. The summed E-state index contributed by atoms with van der Waals surface area (Å²) in [5, 5.41) is 0. The summed E-state index contributed by atoms with van der Waals surface area (Å²) >= 11 is 0. The van der Waals surface area contributed by atoms with Gasteiger partial charge in [0.05, 0.1) is 17.8 Å². The van der Waals surface area contributed by atoms with Crippen molar-refractivity contribution in [2.75, 3.05) is 0 Å². The first-order valence-electron chi connectivity index (χ1n) is 8.22. The van der Waals surface area contributed by atoms with Crippen molar-refractivity contribution in [3.05, 3.63) is 71.2 Å². The van der Waals surface area contributed by atoms with Crippen LogP contribution in [0.4, 0.5) is 0 Å². The van der Waals surface area contributed by atoms with E-state index in [1.54, 1.807) is 12.1 Å². The summed E-state index contributed by atoms with van der Waals surface area (Å²) in [5.74, 6) is -0.436. The third-order valence-electron chi connectivity index (χ3n) is 4.13. The summed E-state index contributed by atoms with van der Waals surface area (Å²) in [6.07, 6.45) is 2.11. The van der Waals surface area contributed by atoms with Gasteiger partial charge in [-0.15, -0.1) is 0 Å². The molecule has 5 heteroatoms. The van der Waals surface area contributed by atoms with Gasteiger partial charge in [0.15, 0.2) is 5.78 Å². The molecule has 2 aromatic heterocycles. The molecule has 0 aliphatic carbocycles. The number of ketones is 1. The minimum absolute atomic E-state index is 0.0528. The number of aromatic nitrogens is 2. The summed E-state index contributed by atoms with van der Waals surface area (Å²) in [6, 6.07) is 13.1. The van der Waals surface area contributed by atoms with E-state index in [1.165, 1.54) is 0 Å². The van der Waals surface area contributed by atoms with Crippen LogP contribution in [0.1, 0.15) is 40.2 Å². The van der Waals surface area contributed by atoms with Crippen LogP contribution in [-0.2, 0) is 16.1 Å². The van der Waals surface area contributed by atoms with Gasteiger partial charge in [0.25, 0.3) is 0 Å². The quantitative estimate of drug-likeness (QED) is 0.509. The number of rotatable bonds is 6. The molecular formula is C20H20N2O3. The van der Waals surface area contributed by atoms with E-state index in [4.69, 9.17) is 4.74 Å². The van der Waals surface area contributed by atoms with Crippen LogP contribution >= 0.6 is 0 Å². The Bertz CT molecular complexity index is 910. The van der Waals surface area contributed by atoms with Crippen molar-refractivity contribution in [3.8, 4) is 0 Å². The fraction of sp³-hybridized carbons (Fsp3) is 0.250. The van der Waals surface area contributed by atoms with E-state index in [9.17, 15) is 9.59 Å². The van der Waals surface area contributed by atoms with Crippen molar-refractivity contribution in [2.45, 2.75) is 33.3 Å². The largest absolute Gasteiger partial charge is 0.459 e. The van der Waals surface area contributed by atoms with Crippen LogP contribution in [0.15, 0.2) is 48.7 Å². The normalized spacial score (nSPS) is 10.8. The van der Waals surface area contributed by atoms with Crippen molar-refractivity contribution in [1.82, 2.24) is 9.38 Å². The number of nitrogens with zero attached hydrogens (tertiary/aromatic N) is 2. The molecule has 0 spiro atoms. The van der Waals surface area contributed by atoms with Crippen LogP contribution in [0, 0.1) is 13.8 Å². The first-order chi connectivity index (χ1) is 12.0. The van der Waals surface area contributed by atoms with Crippen molar-refractivity contribution >= 4 is 17.4 Å². The van der Waals surface area contributed by atoms with Gasteiger partial charge in [-0.25, -0.2) is 4.98 Å². The molecule has 0 fully saturated rings. The molecule has 128 valence electrons. The monoisotopic (exact) mass is 336 g/mol. The highest BCUT2D eigenvalue weighted by Crippen LogP contribution is 2.14. The predicted octanol–water partition coefficient (Wildman–Crippen LogP) is 3.66. The number of ether oxygens (including phenoxy) is 1. The van der Waals surface area contributed by atoms with Gasteiger partial charge in [-0.2, -0.15) is 0 Å². The second kappa shape index (κ2) is 7.30. The molecular weight excluding hydrogens is 316 g/mol. The third kappa shape index (κ3) is 3.94. The van der Waals surface area contributed by atoms with Crippen LogP contribution in [0.3, 0.4) is 0 Å². The minimum atomic E-state index is -0.384. The first kappa shape index (κ1) is 16.9. The third-order valence-corrected chi connectivity index (χ3v) is 4.13. The van der Waals surface area contributed by atoms with E-state index < -0.39 is 0 Å². The van der Waals surface area contributed by atoms with Crippen LogP contribution < -0.4 is 0 Å². The number of carbonyl (C=O) groups is 2. The van der Waals surface area contributed by atoms with E-state index in [2.05, 4.69) is 4.98 Å². The summed E-state index contributed by atoms with van der Waals surface area (Å²) in [6.45, 7) is 4.00. The lowest BCUT2D eigenvalue weighted by Crippen LogP contribution is -2.09. The van der Waals surface area contributed by atoms with E-state index in [-0.39, 0.29) is 31.2 Å². The minimum Gasteiger partial charge on any atom is -0.459 e. The number of hydrogen-bond donors (Lipinski definition) is 0. The van der Waals surface area contributed by atoms with Gasteiger partial charge >= 0.3 is 5.97 Å². The van der Waals surface area contributed by atoms with Gasteiger partial charge in [-0.1, -0.05) is 35.9 Å². The Labute approximate surface area is 146 Å². The van der Waals surface area contributed by atoms with Crippen molar-refractivity contribution < 1.29 is 14.3 Å². The highest BCUT2D eigenvalue weighted by Gasteiger charge is 2.13. The molecule has 3 aromatic rings. The Morgan fingerprint density at radius 3 is 2.56 bits per heavy atom. The molecule has 0 amide bonds. The van der Waals surface area contributed by atoms with Crippen LogP contribution in [0.2, 0.25) is 0 Å². The molecule has 0 radical (unpaired) electrons. The average molecular weight is 336 g/mol. The predicted molar refractivity (Wildman–Crippen MR) is 94.5 cm³/mol. The molecule has 0 saturated heterocycles. The molecule has 5 nitrogen and oxygen atoms in total. The smallest absolute Gasteiger partial charge is 0.306 e. The van der Waals surface area contributed by atoms with Gasteiger partial charge < -0.3 is 9.14 Å². The van der Waals surface area contributed by atoms with Crippen LogP contribution in [0.25, 0.3) is 5.65 Å². The molecule has 0 aliphatic rings. The number of aryl methyl sites for hydroxylation is 2. The molecule has 3 rings (SSSR count). The summed E-state index contributed by atoms with van der Waals surface area (Å²) in [7, 11) is 0. The number of pyridine rings is 1. The lowest BCUT2D eigenvalue weighted by atomic mass is 10.1. The van der Waals surface area contributed by atoms with Gasteiger partial charge in [0.2, 0.25) is 0 Å². The van der Waals surface area contributed by atoms with Crippen LogP contribution in [-0.4, -0.2) is 21.1 Å². The Balaban J connectivity index is 1.55. The second-order valence-electron chi connectivity index (χ2n) is 6.02. The standard InChI is InChI=1S/C20H20N2O3/c1-14-6-8-16(9-7-14)18(23)10-11-20(24)25-13-17-15(2)21-19-5-3-4-12-22(17)19/h3-9,12H,10-11,13H2,1-2H3. The SMILES string of the molecule is Cc1ccc(C(=O)CCC(=O)OCc2c(C)nc3ccccn23)cc1. The Kier molecular flexibility index (Phi) is 4.93. The molecule has 2 heterocycles. The average Bonchev–Trinajstić information content (AvgIpc) is 2.93. The maximum atomic E-state index is 12.1. The maximum Gasteiger partial charge on any atom is 0.306 e. The summed E-state index contributed by atoms with van der Waals surface area (Å²) < 4.78 is 7.23. The summed E-state index contributed by atoms with van der Waals surface area (Å²) in [4.78, 5) is 28.5. The van der Waals surface area contributed by atoms with E-state index >= 15 is 0 Å². The molecule has 1 aromatic carbocycles. The van der Waals surface area contributed by atoms with E-state index in [0.717, 1.165) is 22.6 Å². The first-order valence-corrected chi connectivity index (χ1v) is 8.22. The lowest BCUT2D eigenvalue weighted by molar-refractivity contribution is -0.145. The Morgan fingerprint density at radius 1 is 1.04 bits per heavy atom. The molecule has 0 atom stereocenters. The Morgan fingerprint density at radius 2 is 1.80 bits per heavy atom. The van der Waals surface area contributed by atoms with Gasteiger partial charge in [0, 0.05) is 18.2 Å². The maximum absolute atomic E-state index is 12.1. The van der Waals surface area contributed by atoms with E-state index in [1.807, 2.05) is 54.8 Å². The van der Waals surface area contributed by atoms with Gasteiger partial charge in [-0.05, 0) is 26.0 Å². The molecule has 0 saturated carbocycles. The highest BCUT2D eigenvalue weighted by molar-refractivity contribution is 5.97. The number of benzene rings is 1. The van der Waals surface area contributed by atoms with Gasteiger partial charge in [0.1, 0.15) is 12.3 Å². The van der Waals surface area contributed by atoms with Gasteiger partial charge in [-0.3, -0.25) is 9.59 Å². The van der Waals surface area contributed by atoms with Crippen molar-refractivity contribution in [3.63, 3.8) is 0 Å². The number of esters is 1. The topological polar surface area (TPSA) is 60.7 Å². The van der Waals surface area contributed by atoms with Crippen molar-refractivity contribution in [1.29, 1.82) is 0 Å². The number of carbonyl (C=O) groups excluding carboxylic acids is 2. The zero-order chi connectivity index (χ0) is 17.8. The fourth-order valence-electron chi connectivity index (χ4n) is 2.66. The molecule has 0 N–H and O–H groups in total. The number of hydrogen-bond acceptors (Lipinski definition) is 4. The number of Topliss-reactive ketones (excluding diaryl/α,β-unsaturated/α-hetero) is 1. The zero-order valence-electron chi connectivity index (χ0n) is 14.4.